The third kappa shape index (κ3) is 5.85. The van der Waals surface area contributed by atoms with Crippen LogP contribution >= 0.6 is 0 Å². The maximum Gasteiger partial charge on any atom is 0.233 e. The molecule has 0 fully saturated rings. The summed E-state index contributed by atoms with van der Waals surface area (Å²) in [6.45, 7) is 3.89. The third-order valence-corrected chi connectivity index (χ3v) is 4.03. The molecule has 0 heterocycles. The van der Waals surface area contributed by atoms with Crippen molar-refractivity contribution in [2.45, 2.75) is 38.9 Å². The molecule has 0 aromatic heterocycles. The van der Waals surface area contributed by atoms with Crippen LogP contribution in [0.2, 0.25) is 0 Å². The molecule has 2 aromatic carbocycles. The number of nitrogens with two attached hydrogens (primary N) is 1. The van der Waals surface area contributed by atoms with E-state index in [1.165, 1.54) is 11.1 Å². The molecule has 23 heavy (non-hydrogen) atoms. The zero-order valence-corrected chi connectivity index (χ0v) is 13.6. The largest absolute Gasteiger partial charge is 0.294 e. The summed E-state index contributed by atoms with van der Waals surface area (Å²) in [5.74, 6) is 5.05. The predicted molar refractivity (Wildman–Crippen MR) is 93.2 cm³/mol. The van der Waals surface area contributed by atoms with Crippen molar-refractivity contribution >= 4 is 5.91 Å². The van der Waals surface area contributed by atoms with Gasteiger partial charge in [-0.25, -0.2) is 5.84 Å². The summed E-state index contributed by atoms with van der Waals surface area (Å²) in [4.78, 5) is 13.8. The molecule has 0 bridgehead atoms. The van der Waals surface area contributed by atoms with Crippen molar-refractivity contribution in [3.63, 3.8) is 0 Å². The van der Waals surface area contributed by atoms with Gasteiger partial charge in [0.25, 0.3) is 0 Å². The van der Waals surface area contributed by atoms with Crippen LogP contribution < -0.4 is 11.3 Å². The van der Waals surface area contributed by atoms with E-state index in [1.54, 1.807) is 0 Å². The van der Waals surface area contributed by atoms with Crippen LogP contribution in [-0.2, 0) is 17.9 Å². The van der Waals surface area contributed by atoms with Crippen molar-refractivity contribution in [1.29, 1.82) is 0 Å². The topological polar surface area (TPSA) is 58.4 Å². The second kappa shape index (κ2) is 9.08. The van der Waals surface area contributed by atoms with E-state index >= 15 is 0 Å². The molecule has 0 saturated carbocycles. The van der Waals surface area contributed by atoms with E-state index in [-0.39, 0.29) is 11.9 Å². The highest BCUT2D eigenvalue weighted by Crippen LogP contribution is 2.16. The summed E-state index contributed by atoms with van der Waals surface area (Å²) >= 11 is 0. The average molecular weight is 311 g/mol. The molecule has 0 aliphatic rings. The van der Waals surface area contributed by atoms with Crippen molar-refractivity contribution in [2.75, 3.05) is 0 Å². The Morgan fingerprint density at radius 2 is 1.48 bits per heavy atom. The molecule has 4 heteroatoms. The molecule has 2 aromatic rings. The van der Waals surface area contributed by atoms with Crippen molar-refractivity contribution in [3.05, 3.63) is 71.8 Å². The summed E-state index contributed by atoms with van der Waals surface area (Å²) in [7, 11) is 0. The predicted octanol–water partition coefficient (Wildman–Crippen LogP) is 2.85. The molecule has 1 unspecified atom stereocenters. The smallest absolute Gasteiger partial charge is 0.233 e. The molecule has 2 rings (SSSR count). The lowest BCUT2D eigenvalue weighted by Gasteiger charge is -2.29. The Bertz CT molecular complexity index is 545. The quantitative estimate of drug-likeness (QED) is 0.448. The van der Waals surface area contributed by atoms with Crippen LogP contribution in [0.25, 0.3) is 0 Å². The number of nitrogens with one attached hydrogen (secondary N) is 1. The fourth-order valence-corrected chi connectivity index (χ4v) is 2.60. The minimum Gasteiger partial charge on any atom is -0.294 e. The summed E-state index contributed by atoms with van der Waals surface area (Å²) < 4.78 is 0. The lowest BCUT2D eigenvalue weighted by atomic mass is 10.1. The molecule has 0 aliphatic heterocycles. The lowest BCUT2D eigenvalue weighted by Crippen LogP contribution is -2.35. The summed E-state index contributed by atoms with van der Waals surface area (Å²) in [6, 6.07) is 21.1. The van der Waals surface area contributed by atoms with Gasteiger partial charge in [-0.1, -0.05) is 60.7 Å². The molecule has 4 nitrogen and oxygen atoms in total. The first-order valence-corrected chi connectivity index (χ1v) is 8.00. The highest BCUT2D eigenvalue weighted by Gasteiger charge is 2.16. The van der Waals surface area contributed by atoms with Gasteiger partial charge in [0.1, 0.15) is 0 Å². The number of rotatable bonds is 8. The normalized spacial score (nSPS) is 12.1. The van der Waals surface area contributed by atoms with Gasteiger partial charge in [-0.05, 0) is 24.5 Å². The van der Waals surface area contributed by atoms with Gasteiger partial charge >= 0.3 is 0 Å². The maximum atomic E-state index is 11.4. The second-order valence-electron chi connectivity index (χ2n) is 5.83. The Kier molecular flexibility index (Phi) is 6.78. The number of carbonyl (C=O) groups is 1. The lowest BCUT2D eigenvalue weighted by molar-refractivity contribution is -0.121. The van der Waals surface area contributed by atoms with E-state index in [1.807, 2.05) is 12.1 Å². The summed E-state index contributed by atoms with van der Waals surface area (Å²) in [6.07, 6.45) is 1.22. The zero-order valence-electron chi connectivity index (χ0n) is 13.6. The standard InChI is InChI=1S/C19H25N3O/c1-16(12-13-19(23)21-20)22(14-17-8-4-2-5-9-17)15-18-10-6-3-7-11-18/h2-11,16H,12-15,20H2,1H3,(H,21,23). The van der Waals surface area contributed by atoms with Crippen molar-refractivity contribution in [3.8, 4) is 0 Å². The van der Waals surface area contributed by atoms with Crippen molar-refractivity contribution in [1.82, 2.24) is 10.3 Å². The number of nitrogens with zero attached hydrogens (tertiary/aromatic N) is 1. The van der Waals surface area contributed by atoms with Crippen molar-refractivity contribution in [2.24, 2.45) is 5.84 Å². The van der Waals surface area contributed by atoms with Gasteiger partial charge in [0.05, 0.1) is 0 Å². The summed E-state index contributed by atoms with van der Waals surface area (Å²) in [5, 5.41) is 0. The molecule has 1 atom stereocenters. The molecule has 0 aliphatic carbocycles. The Morgan fingerprint density at radius 1 is 1.00 bits per heavy atom. The first-order valence-electron chi connectivity index (χ1n) is 8.00. The monoisotopic (exact) mass is 311 g/mol. The van der Waals surface area contributed by atoms with Gasteiger partial charge in [0.15, 0.2) is 0 Å². The third-order valence-electron chi connectivity index (χ3n) is 4.03. The number of hydrogen-bond acceptors (Lipinski definition) is 3. The van der Waals surface area contributed by atoms with Crippen LogP contribution in [0.4, 0.5) is 0 Å². The number of amides is 1. The molecular formula is C19H25N3O. The van der Waals surface area contributed by atoms with Gasteiger partial charge in [-0.3, -0.25) is 15.1 Å². The van der Waals surface area contributed by atoms with Crippen LogP contribution in [0.15, 0.2) is 60.7 Å². The maximum absolute atomic E-state index is 11.4. The van der Waals surface area contributed by atoms with E-state index in [0.717, 1.165) is 19.5 Å². The molecular weight excluding hydrogens is 286 g/mol. The van der Waals surface area contributed by atoms with E-state index in [0.29, 0.717) is 6.42 Å². The van der Waals surface area contributed by atoms with Gasteiger partial charge < -0.3 is 0 Å². The Balaban J connectivity index is 2.05. The van der Waals surface area contributed by atoms with Gasteiger partial charge in [-0.15, -0.1) is 0 Å². The SMILES string of the molecule is CC(CCC(=O)NN)N(Cc1ccccc1)Cc1ccccc1. The minimum atomic E-state index is -0.115. The van der Waals surface area contributed by atoms with Crippen LogP contribution in [0.3, 0.4) is 0 Å². The van der Waals surface area contributed by atoms with Gasteiger partial charge in [0.2, 0.25) is 5.91 Å². The Labute approximate surface area is 138 Å². The number of benzene rings is 2. The first kappa shape index (κ1) is 17.2. The zero-order chi connectivity index (χ0) is 16.5. The molecule has 1 amide bonds. The van der Waals surface area contributed by atoms with E-state index < -0.39 is 0 Å². The molecule has 0 saturated heterocycles. The minimum absolute atomic E-state index is 0.115. The van der Waals surface area contributed by atoms with Crippen LogP contribution in [0.1, 0.15) is 30.9 Å². The second-order valence-corrected chi connectivity index (χ2v) is 5.83. The fourth-order valence-electron chi connectivity index (χ4n) is 2.60. The average Bonchev–Trinajstić information content (AvgIpc) is 2.60. The highest BCUT2D eigenvalue weighted by atomic mass is 16.2. The van der Waals surface area contributed by atoms with Crippen LogP contribution in [0, 0.1) is 0 Å². The highest BCUT2D eigenvalue weighted by molar-refractivity contribution is 5.75. The number of hydrazine groups is 1. The van der Waals surface area contributed by atoms with Crippen molar-refractivity contribution < 1.29 is 4.79 Å². The van der Waals surface area contributed by atoms with Crippen LogP contribution in [0.5, 0.6) is 0 Å². The van der Waals surface area contributed by atoms with Crippen LogP contribution in [-0.4, -0.2) is 16.8 Å². The Hall–Kier alpha value is -2.17. The summed E-state index contributed by atoms with van der Waals surface area (Å²) in [5.41, 5.74) is 4.75. The molecule has 0 spiro atoms. The fraction of sp³-hybridized carbons (Fsp3) is 0.316. The van der Waals surface area contributed by atoms with Gasteiger partial charge in [0, 0.05) is 25.6 Å². The van der Waals surface area contributed by atoms with E-state index in [9.17, 15) is 4.79 Å². The molecule has 3 N–H and O–H groups in total. The van der Waals surface area contributed by atoms with E-state index in [2.05, 4.69) is 65.8 Å². The number of hydrogen-bond donors (Lipinski definition) is 2. The number of carbonyl (C=O) groups excluding carboxylic acids is 1. The molecule has 0 radical (unpaired) electrons. The Morgan fingerprint density at radius 3 is 1.91 bits per heavy atom. The van der Waals surface area contributed by atoms with E-state index in [4.69, 9.17) is 5.84 Å². The van der Waals surface area contributed by atoms with Gasteiger partial charge in [-0.2, -0.15) is 0 Å². The first-order chi connectivity index (χ1) is 11.2. The molecule has 122 valence electrons.